The van der Waals surface area contributed by atoms with Crippen LogP contribution in [0.1, 0.15) is 52.9 Å². The number of aromatic nitrogens is 1. The molecular weight excluding hydrogens is 450 g/mol. The molecule has 1 amide bonds. The minimum atomic E-state index is -3.68. The van der Waals surface area contributed by atoms with Crippen molar-refractivity contribution in [1.82, 2.24) is 9.29 Å². The van der Waals surface area contributed by atoms with Gasteiger partial charge in [0.05, 0.1) is 17.6 Å². The second kappa shape index (κ2) is 11.1. The fraction of sp³-hybridized carbons (Fsp3) is 0.409. The second-order valence-electron chi connectivity index (χ2n) is 7.07. The average molecular weight is 480 g/mol. The van der Waals surface area contributed by atoms with Crippen LogP contribution in [0.3, 0.4) is 0 Å². The van der Waals surface area contributed by atoms with E-state index in [4.69, 9.17) is 9.47 Å². The number of ether oxygens (including phenoxy) is 2. The molecule has 0 aliphatic heterocycles. The van der Waals surface area contributed by atoms with Crippen LogP contribution in [0.15, 0.2) is 29.2 Å². The Morgan fingerprint density at radius 2 is 1.76 bits per heavy atom. The molecule has 180 valence electrons. The van der Waals surface area contributed by atoms with Gasteiger partial charge in [-0.1, -0.05) is 26.8 Å². The van der Waals surface area contributed by atoms with E-state index >= 15 is 0 Å². The zero-order valence-electron chi connectivity index (χ0n) is 19.4. The number of sulfonamides is 1. The van der Waals surface area contributed by atoms with Gasteiger partial charge in [0.1, 0.15) is 5.69 Å². The van der Waals surface area contributed by atoms with Gasteiger partial charge in [-0.15, -0.1) is 0 Å². The molecule has 10 nitrogen and oxygen atoms in total. The molecular formula is C22H29N3O7S. The summed E-state index contributed by atoms with van der Waals surface area (Å²) in [6.45, 7) is 6.92. The highest BCUT2D eigenvalue weighted by Crippen LogP contribution is 2.22. The normalized spacial score (nSPS) is 11.3. The number of benzene rings is 1. The Bertz CT molecular complexity index is 1130. The number of hydrogen-bond donors (Lipinski definition) is 2. The maximum Gasteiger partial charge on any atom is 0.355 e. The summed E-state index contributed by atoms with van der Waals surface area (Å²) in [7, 11) is -2.44. The predicted molar refractivity (Wildman–Crippen MR) is 122 cm³/mol. The number of aryl methyl sites for hydroxylation is 1. The summed E-state index contributed by atoms with van der Waals surface area (Å²) in [5.74, 6) is -2.02. The van der Waals surface area contributed by atoms with Crippen LogP contribution >= 0.6 is 0 Å². The van der Waals surface area contributed by atoms with E-state index in [9.17, 15) is 22.8 Å². The molecule has 1 aromatic carbocycles. The molecule has 0 aliphatic rings. The van der Waals surface area contributed by atoms with Gasteiger partial charge >= 0.3 is 11.9 Å². The lowest BCUT2D eigenvalue weighted by Gasteiger charge is -2.18. The van der Waals surface area contributed by atoms with Crippen LogP contribution in [0.25, 0.3) is 0 Å². The fourth-order valence-electron chi connectivity index (χ4n) is 3.35. The zero-order chi connectivity index (χ0) is 24.8. The summed E-state index contributed by atoms with van der Waals surface area (Å²) in [4.78, 5) is 39.7. The maximum atomic E-state index is 12.7. The highest BCUT2D eigenvalue weighted by molar-refractivity contribution is 7.89. The van der Waals surface area contributed by atoms with E-state index in [2.05, 4.69) is 10.3 Å². The molecule has 0 unspecified atom stereocenters. The van der Waals surface area contributed by atoms with Gasteiger partial charge in [-0.2, -0.15) is 4.31 Å². The van der Waals surface area contributed by atoms with Crippen LogP contribution in [0, 0.1) is 6.92 Å². The number of esters is 2. The van der Waals surface area contributed by atoms with Gasteiger partial charge in [-0.05, 0) is 37.1 Å². The third kappa shape index (κ3) is 5.79. The molecule has 0 spiro atoms. The van der Waals surface area contributed by atoms with Crippen LogP contribution in [-0.2, 0) is 30.7 Å². The summed E-state index contributed by atoms with van der Waals surface area (Å²) in [5, 5.41) is 2.52. The van der Waals surface area contributed by atoms with Gasteiger partial charge in [0.25, 0.3) is 5.91 Å². The van der Waals surface area contributed by atoms with Crippen molar-refractivity contribution in [2.45, 2.75) is 39.0 Å². The molecule has 0 atom stereocenters. The fourth-order valence-corrected chi connectivity index (χ4v) is 4.86. The minimum absolute atomic E-state index is 0.0467. The summed E-state index contributed by atoms with van der Waals surface area (Å²) in [6, 6.07) is 5.84. The summed E-state index contributed by atoms with van der Waals surface area (Å²) < 4.78 is 36.5. The highest BCUT2D eigenvalue weighted by Gasteiger charge is 2.25. The van der Waals surface area contributed by atoms with Crippen LogP contribution in [0.2, 0.25) is 0 Å². The van der Waals surface area contributed by atoms with Crippen LogP contribution in [0.4, 0.5) is 5.69 Å². The molecule has 1 heterocycles. The quantitative estimate of drug-likeness (QED) is 0.500. The van der Waals surface area contributed by atoms with E-state index in [1.165, 1.54) is 35.7 Å². The van der Waals surface area contributed by atoms with E-state index in [-0.39, 0.29) is 21.8 Å². The van der Waals surface area contributed by atoms with Gasteiger partial charge in [-0.3, -0.25) is 4.79 Å². The monoisotopic (exact) mass is 479 g/mol. The maximum absolute atomic E-state index is 12.7. The third-order valence-corrected chi connectivity index (χ3v) is 7.12. The first-order valence-corrected chi connectivity index (χ1v) is 11.9. The van der Waals surface area contributed by atoms with Gasteiger partial charge in [0.15, 0.2) is 6.61 Å². The SMILES string of the molecule is CCc1[nH]c(C(=O)OCC(=O)Nc2cccc(S(=O)(=O)N(CC)CC)c2)c(C)c1C(=O)OC. The number of rotatable bonds is 10. The number of amides is 1. The van der Waals surface area contributed by atoms with E-state index in [0.29, 0.717) is 30.8 Å². The van der Waals surface area contributed by atoms with Crippen molar-refractivity contribution in [2.24, 2.45) is 0 Å². The first kappa shape index (κ1) is 26.1. The van der Waals surface area contributed by atoms with Crippen LogP contribution in [0.5, 0.6) is 0 Å². The Morgan fingerprint density at radius 1 is 1.09 bits per heavy atom. The summed E-state index contributed by atoms with van der Waals surface area (Å²) >= 11 is 0. The van der Waals surface area contributed by atoms with Crippen molar-refractivity contribution in [3.63, 3.8) is 0 Å². The lowest BCUT2D eigenvalue weighted by atomic mass is 10.1. The van der Waals surface area contributed by atoms with E-state index in [1.54, 1.807) is 20.8 Å². The molecule has 0 aliphatic carbocycles. The molecule has 2 aromatic rings. The average Bonchev–Trinajstić information content (AvgIpc) is 3.14. The molecule has 0 saturated carbocycles. The van der Waals surface area contributed by atoms with Crippen LogP contribution in [-0.4, -0.2) is 62.4 Å². The Morgan fingerprint density at radius 3 is 2.33 bits per heavy atom. The number of nitrogens with one attached hydrogen (secondary N) is 2. The largest absolute Gasteiger partial charge is 0.465 e. The Hall–Kier alpha value is -3.18. The lowest BCUT2D eigenvalue weighted by Crippen LogP contribution is -2.30. The molecule has 1 aromatic heterocycles. The minimum Gasteiger partial charge on any atom is -0.465 e. The van der Waals surface area contributed by atoms with Crippen molar-refractivity contribution in [3.05, 3.63) is 46.8 Å². The summed E-state index contributed by atoms with van der Waals surface area (Å²) in [5.41, 5.74) is 1.48. The van der Waals surface area contributed by atoms with Gasteiger partial charge < -0.3 is 19.8 Å². The standard InChI is InChI=1S/C22H29N3O7S/c1-6-17-19(21(27)31-5)14(4)20(24-17)22(28)32-13-18(26)23-15-10-9-11-16(12-15)33(29,30)25(7-2)8-3/h9-12,24H,6-8,13H2,1-5H3,(H,23,26). The molecule has 0 fully saturated rings. The van der Waals surface area contributed by atoms with Crippen molar-refractivity contribution < 1.29 is 32.3 Å². The molecule has 0 saturated heterocycles. The summed E-state index contributed by atoms with van der Waals surface area (Å²) in [6.07, 6.45) is 0.464. The number of methoxy groups -OCH3 is 1. The zero-order valence-corrected chi connectivity index (χ0v) is 20.2. The van der Waals surface area contributed by atoms with Gasteiger partial charge in [0.2, 0.25) is 10.0 Å². The number of H-pyrrole nitrogens is 1. The molecule has 11 heteroatoms. The Balaban J connectivity index is 2.09. The molecule has 33 heavy (non-hydrogen) atoms. The Kier molecular flexibility index (Phi) is 8.77. The van der Waals surface area contributed by atoms with E-state index in [0.717, 1.165) is 0 Å². The molecule has 2 rings (SSSR count). The third-order valence-electron chi connectivity index (χ3n) is 5.07. The van der Waals surface area contributed by atoms with Crippen molar-refractivity contribution in [3.8, 4) is 0 Å². The number of anilines is 1. The van der Waals surface area contributed by atoms with Gasteiger partial charge in [-0.25, -0.2) is 18.0 Å². The number of nitrogens with zero attached hydrogens (tertiary/aromatic N) is 1. The molecule has 0 radical (unpaired) electrons. The van der Waals surface area contributed by atoms with Crippen molar-refractivity contribution in [2.75, 3.05) is 32.1 Å². The topological polar surface area (TPSA) is 135 Å². The van der Waals surface area contributed by atoms with Crippen LogP contribution < -0.4 is 5.32 Å². The molecule has 0 bridgehead atoms. The van der Waals surface area contributed by atoms with Gasteiger partial charge in [0, 0.05) is 24.5 Å². The number of carbonyl (C=O) groups excluding carboxylic acids is 3. The smallest absolute Gasteiger partial charge is 0.355 e. The van der Waals surface area contributed by atoms with E-state index in [1.807, 2.05) is 6.92 Å². The second-order valence-corrected chi connectivity index (χ2v) is 9.00. The molecule has 2 N–H and O–H groups in total. The first-order chi connectivity index (χ1) is 15.6. The Labute approximate surface area is 193 Å². The highest BCUT2D eigenvalue weighted by atomic mass is 32.2. The first-order valence-electron chi connectivity index (χ1n) is 10.5. The lowest BCUT2D eigenvalue weighted by molar-refractivity contribution is -0.119. The number of hydrogen-bond acceptors (Lipinski definition) is 7. The van der Waals surface area contributed by atoms with E-state index < -0.39 is 34.5 Å². The number of aromatic amines is 1. The number of carbonyl (C=O) groups is 3. The predicted octanol–water partition coefficient (Wildman–Crippen LogP) is 2.50. The van der Waals surface area contributed by atoms with Crippen molar-refractivity contribution in [1.29, 1.82) is 0 Å². The van der Waals surface area contributed by atoms with Crippen molar-refractivity contribution >= 4 is 33.6 Å².